The fraction of sp³-hybridized carbons (Fsp3) is 0.667. The molecule has 0 bridgehead atoms. The van der Waals surface area contributed by atoms with E-state index in [1.54, 1.807) is 4.90 Å². The Balaban J connectivity index is 2.10. The lowest BCUT2D eigenvalue weighted by Crippen LogP contribution is -2.49. The van der Waals surface area contributed by atoms with Crippen molar-refractivity contribution in [1.82, 2.24) is 20.4 Å². The van der Waals surface area contributed by atoms with Crippen LogP contribution in [0, 0.1) is 5.41 Å². The molecule has 2 N–H and O–H groups in total. The third-order valence-electron chi connectivity index (χ3n) is 6.19. The number of nitrogens with zero attached hydrogens (tertiary/aromatic N) is 3. The van der Waals surface area contributed by atoms with Crippen LogP contribution >= 0.6 is 0 Å². The summed E-state index contributed by atoms with van der Waals surface area (Å²) in [7, 11) is 5.86. The SMILES string of the molecule is CCNC(=NCc1ccccc1CN(C)C(C)C)NCC1(C(=O)N(C)C)CCCC1. The fourth-order valence-electron chi connectivity index (χ4n) is 4.07. The number of hydrogen-bond acceptors (Lipinski definition) is 3. The molecule has 0 heterocycles. The zero-order valence-corrected chi connectivity index (χ0v) is 19.8. The third kappa shape index (κ3) is 6.46. The normalized spacial score (nSPS) is 16.2. The van der Waals surface area contributed by atoms with Crippen LogP contribution in [0.3, 0.4) is 0 Å². The molecule has 0 atom stereocenters. The van der Waals surface area contributed by atoms with Gasteiger partial charge in [-0.3, -0.25) is 9.69 Å². The van der Waals surface area contributed by atoms with Gasteiger partial charge in [0.15, 0.2) is 5.96 Å². The topological polar surface area (TPSA) is 60.0 Å². The maximum absolute atomic E-state index is 12.8. The summed E-state index contributed by atoms with van der Waals surface area (Å²) in [6, 6.07) is 9.01. The van der Waals surface area contributed by atoms with Crippen LogP contribution in [-0.4, -0.2) is 61.9 Å². The molecule has 1 aromatic rings. The van der Waals surface area contributed by atoms with Crippen molar-refractivity contribution >= 4 is 11.9 Å². The van der Waals surface area contributed by atoms with Crippen molar-refractivity contribution in [3.05, 3.63) is 35.4 Å². The minimum absolute atomic E-state index is 0.227. The van der Waals surface area contributed by atoms with Gasteiger partial charge in [-0.2, -0.15) is 0 Å². The molecule has 0 aromatic heterocycles. The second kappa shape index (κ2) is 11.3. The molecule has 1 saturated carbocycles. The molecule has 6 nitrogen and oxygen atoms in total. The van der Waals surface area contributed by atoms with E-state index in [-0.39, 0.29) is 11.3 Å². The van der Waals surface area contributed by atoms with E-state index < -0.39 is 0 Å². The molecule has 0 aliphatic heterocycles. The highest BCUT2D eigenvalue weighted by molar-refractivity contribution is 5.85. The standard InChI is InChI=1S/C24H41N5O/c1-7-25-23(27-18-24(14-10-11-15-24)22(30)28(4)5)26-16-20-12-8-9-13-21(20)17-29(6)19(2)3/h8-9,12-13,19H,7,10-11,14-18H2,1-6H3,(H2,25,26,27). The molecule has 1 amide bonds. The van der Waals surface area contributed by atoms with E-state index in [9.17, 15) is 4.79 Å². The zero-order valence-electron chi connectivity index (χ0n) is 19.8. The van der Waals surface area contributed by atoms with Crippen LogP contribution in [0.2, 0.25) is 0 Å². The molecule has 1 fully saturated rings. The number of amides is 1. The van der Waals surface area contributed by atoms with Gasteiger partial charge in [-0.1, -0.05) is 37.1 Å². The summed E-state index contributed by atoms with van der Waals surface area (Å²) in [6.07, 6.45) is 4.12. The number of rotatable bonds is 9. The van der Waals surface area contributed by atoms with Crippen LogP contribution in [0.15, 0.2) is 29.3 Å². The molecular weight excluding hydrogens is 374 g/mol. The third-order valence-corrected chi connectivity index (χ3v) is 6.19. The first-order valence-electron chi connectivity index (χ1n) is 11.3. The molecule has 30 heavy (non-hydrogen) atoms. The van der Waals surface area contributed by atoms with E-state index in [1.807, 2.05) is 14.1 Å². The summed E-state index contributed by atoms with van der Waals surface area (Å²) in [4.78, 5) is 21.8. The van der Waals surface area contributed by atoms with Crippen LogP contribution in [-0.2, 0) is 17.9 Å². The number of carbonyl (C=O) groups is 1. The predicted molar refractivity (Wildman–Crippen MR) is 125 cm³/mol. The van der Waals surface area contributed by atoms with Crippen LogP contribution in [0.1, 0.15) is 57.6 Å². The van der Waals surface area contributed by atoms with Crippen molar-refractivity contribution in [3.63, 3.8) is 0 Å². The highest BCUT2D eigenvalue weighted by Crippen LogP contribution is 2.38. The van der Waals surface area contributed by atoms with Crippen molar-refractivity contribution in [3.8, 4) is 0 Å². The molecule has 6 heteroatoms. The summed E-state index contributed by atoms with van der Waals surface area (Å²) >= 11 is 0. The molecule has 1 aliphatic carbocycles. The van der Waals surface area contributed by atoms with Gasteiger partial charge in [-0.25, -0.2) is 4.99 Å². The Morgan fingerprint density at radius 1 is 1.10 bits per heavy atom. The summed E-state index contributed by atoms with van der Waals surface area (Å²) in [5.41, 5.74) is 2.24. The highest BCUT2D eigenvalue weighted by Gasteiger charge is 2.42. The van der Waals surface area contributed by atoms with Gasteiger partial charge < -0.3 is 15.5 Å². The second-order valence-corrected chi connectivity index (χ2v) is 9.01. The molecule has 2 rings (SSSR count). The van der Waals surface area contributed by atoms with Gasteiger partial charge >= 0.3 is 0 Å². The first-order chi connectivity index (χ1) is 14.3. The van der Waals surface area contributed by atoms with Crippen molar-refractivity contribution < 1.29 is 4.79 Å². The number of guanidine groups is 1. The number of nitrogens with one attached hydrogen (secondary N) is 2. The molecule has 168 valence electrons. The average molecular weight is 416 g/mol. The van der Waals surface area contributed by atoms with E-state index in [0.29, 0.717) is 19.1 Å². The maximum atomic E-state index is 12.8. The van der Waals surface area contributed by atoms with Crippen molar-refractivity contribution in [2.45, 2.75) is 65.6 Å². The summed E-state index contributed by atoms with van der Waals surface area (Å²) in [6.45, 7) is 9.44. The van der Waals surface area contributed by atoms with Gasteiger partial charge in [0.05, 0.1) is 12.0 Å². The van der Waals surface area contributed by atoms with Crippen molar-refractivity contribution in [2.75, 3.05) is 34.2 Å². The Morgan fingerprint density at radius 2 is 1.73 bits per heavy atom. The molecule has 0 unspecified atom stereocenters. The van der Waals surface area contributed by atoms with Gasteiger partial charge in [-0.15, -0.1) is 0 Å². The van der Waals surface area contributed by atoms with E-state index >= 15 is 0 Å². The Morgan fingerprint density at radius 3 is 2.30 bits per heavy atom. The van der Waals surface area contributed by atoms with Crippen molar-refractivity contribution in [2.24, 2.45) is 10.4 Å². The van der Waals surface area contributed by atoms with Gasteiger partial charge in [0, 0.05) is 39.8 Å². The average Bonchev–Trinajstić information content (AvgIpc) is 3.20. The lowest BCUT2D eigenvalue weighted by atomic mass is 9.84. The number of hydrogen-bond donors (Lipinski definition) is 2. The Labute approximate surface area is 183 Å². The Bertz CT molecular complexity index is 707. The van der Waals surface area contributed by atoms with Crippen LogP contribution in [0.5, 0.6) is 0 Å². The lowest BCUT2D eigenvalue weighted by molar-refractivity contribution is -0.138. The first-order valence-corrected chi connectivity index (χ1v) is 11.3. The number of benzene rings is 1. The molecular formula is C24H41N5O. The Hall–Kier alpha value is -2.08. The molecule has 1 aliphatic rings. The molecule has 1 aromatic carbocycles. The predicted octanol–water partition coefficient (Wildman–Crippen LogP) is 3.23. The van der Waals surface area contributed by atoms with E-state index in [4.69, 9.17) is 4.99 Å². The number of aliphatic imine (C=N–C) groups is 1. The van der Waals surface area contributed by atoms with Crippen LogP contribution < -0.4 is 10.6 Å². The van der Waals surface area contributed by atoms with Crippen LogP contribution in [0.4, 0.5) is 0 Å². The van der Waals surface area contributed by atoms with Crippen LogP contribution in [0.25, 0.3) is 0 Å². The van der Waals surface area contributed by atoms with Gasteiger partial charge in [0.1, 0.15) is 0 Å². The molecule has 0 saturated heterocycles. The van der Waals surface area contributed by atoms with E-state index in [0.717, 1.165) is 44.7 Å². The van der Waals surface area contributed by atoms with E-state index in [1.165, 1.54) is 11.1 Å². The molecule has 0 radical (unpaired) electrons. The van der Waals surface area contributed by atoms with Gasteiger partial charge in [0.2, 0.25) is 5.91 Å². The van der Waals surface area contributed by atoms with E-state index in [2.05, 4.69) is 67.6 Å². The quantitative estimate of drug-likeness (QED) is 0.480. The van der Waals surface area contributed by atoms with Gasteiger partial charge in [0.25, 0.3) is 0 Å². The minimum Gasteiger partial charge on any atom is -0.357 e. The second-order valence-electron chi connectivity index (χ2n) is 9.01. The Kier molecular flexibility index (Phi) is 9.15. The first kappa shape index (κ1) is 24.2. The van der Waals surface area contributed by atoms with Gasteiger partial charge in [-0.05, 0) is 51.8 Å². The smallest absolute Gasteiger partial charge is 0.230 e. The number of carbonyl (C=O) groups excluding carboxylic acids is 1. The maximum Gasteiger partial charge on any atom is 0.230 e. The molecule has 0 spiro atoms. The largest absolute Gasteiger partial charge is 0.357 e. The summed E-state index contributed by atoms with van der Waals surface area (Å²) in [5, 5.41) is 6.81. The summed E-state index contributed by atoms with van der Waals surface area (Å²) in [5.74, 6) is 1.01. The summed E-state index contributed by atoms with van der Waals surface area (Å²) < 4.78 is 0. The fourth-order valence-corrected chi connectivity index (χ4v) is 4.07. The highest BCUT2D eigenvalue weighted by atomic mass is 16.2. The lowest BCUT2D eigenvalue weighted by Gasteiger charge is -2.31. The minimum atomic E-state index is -0.308. The zero-order chi connectivity index (χ0) is 22.1. The monoisotopic (exact) mass is 415 g/mol. The van der Waals surface area contributed by atoms with Crippen molar-refractivity contribution in [1.29, 1.82) is 0 Å².